The number of benzene rings is 1. The van der Waals surface area contributed by atoms with E-state index in [0.717, 1.165) is 31.2 Å². The number of sulfonamides is 1. The molecule has 1 aromatic rings. The summed E-state index contributed by atoms with van der Waals surface area (Å²) in [5.74, 6) is 0. The van der Waals surface area contributed by atoms with Crippen LogP contribution in [0.25, 0.3) is 0 Å². The summed E-state index contributed by atoms with van der Waals surface area (Å²) in [6.07, 6.45) is 7.53. The number of amides is 2. The molecule has 2 unspecified atom stereocenters. The van der Waals surface area contributed by atoms with Crippen molar-refractivity contribution >= 4 is 16.1 Å². The number of hydrogen-bond donors (Lipinski definition) is 2. The Morgan fingerprint density at radius 2 is 1.92 bits per heavy atom. The average Bonchev–Trinajstić information content (AvgIpc) is 2.60. The van der Waals surface area contributed by atoms with Gasteiger partial charge in [-0.05, 0) is 62.1 Å². The lowest BCUT2D eigenvalue weighted by molar-refractivity contribution is 0.223. The minimum absolute atomic E-state index is 0.0863. The Hall–Kier alpha value is -1.60. The largest absolute Gasteiger partial charge is 0.334 e. The predicted octanol–water partition coefficient (Wildman–Crippen LogP) is 2.35. The Bertz CT molecular complexity index is 763. The molecule has 1 aromatic carbocycles. The number of carbonyl (C=O) groups is 1. The maximum absolute atomic E-state index is 12.3. The van der Waals surface area contributed by atoms with Crippen molar-refractivity contribution in [1.29, 1.82) is 0 Å². The van der Waals surface area contributed by atoms with Crippen molar-refractivity contribution in [2.75, 3.05) is 19.3 Å². The van der Waals surface area contributed by atoms with Gasteiger partial charge >= 0.3 is 6.03 Å². The van der Waals surface area contributed by atoms with Crippen molar-refractivity contribution in [1.82, 2.24) is 14.9 Å². The molecule has 26 heavy (non-hydrogen) atoms. The summed E-state index contributed by atoms with van der Waals surface area (Å²) in [5.41, 5.74) is 3.95. The topological polar surface area (TPSA) is 78.5 Å². The van der Waals surface area contributed by atoms with Gasteiger partial charge in [0.2, 0.25) is 10.0 Å². The molecular weight excluding hydrogens is 350 g/mol. The standard InChI is InChI=1S/C19H29N3O3S/c1-14(16-10-9-15-6-3-4-7-17(15)12-16)20-19(23)21-18-8-5-11-22(13-18)26(2,24)25/h9-10,12,14,18H,3-8,11,13H2,1-2H3,(H2,20,21,23). The molecule has 2 amide bonds. The minimum Gasteiger partial charge on any atom is -0.334 e. The second kappa shape index (κ2) is 7.96. The molecule has 0 saturated carbocycles. The Kier molecular flexibility index (Phi) is 5.87. The van der Waals surface area contributed by atoms with Crippen LogP contribution in [0.3, 0.4) is 0 Å². The lowest BCUT2D eigenvalue weighted by Crippen LogP contribution is -2.51. The third-order valence-electron chi connectivity index (χ3n) is 5.41. The summed E-state index contributed by atoms with van der Waals surface area (Å²) in [6.45, 7) is 2.86. The van der Waals surface area contributed by atoms with Crippen molar-refractivity contribution in [3.63, 3.8) is 0 Å². The number of rotatable bonds is 4. The minimum atomic E-state index is -3.21. The van der Waals surface area contributed by atoms with E-state index in [1.165, 1.54) is 34.5 Å². The normalized spacial score (nSPS) is 22.3. The molecular formula is C19H29N3O3S. The molecule has 2 N–H and O–H groups in total. The van der Waals surface area contributed by atoms with E-state index >= 15 is 0 Å². The summed E-state index contributed by atoms with van der Waals surface area (Å²) >= 11 is 0. The van der Waals surface area contributed by atoms with Gasteiger partial charge in [-0.2, -0.15) is 0 Å². The first-order valence-electron chi connectivity index (χ1n) is 9.47. The zero-order valence-electron chi connectivity index (χ0n) is 15.6. The number of carbonyl (C=O) groups excluding carboxylic acids is 1. The summed E-state index contributed by atoms with van der Waals surface area (Å²) in [4.78, 5) is 12.3. The molecule has 0 radical (unpaired) electrons. The summed E-state index contributed by atoms with van der Waals surface area (Å²) in [6, 6.07) is 6.03. The third-order valence-corrected chi connectivity index (χ3v) is 6.68. The van der Waals surface area contributed by atoms with Crippen molar-refractivity contribution < 1.29 is 13.2 Å². The fourth-order valence-electron chi connectivity index (χ4n) is 3.89. The number of nitrogens with one attached hydrogen (secondary N) is 2. The van der Waals surface area contributed by atoms with E-state index in [1.54, 1.807) is 0 Å². The van der Waals surface area contributed by atoms with Crippen LogP contribution in [0, 0.1) is 0 Å². The molecule has 1 aliphatic carbocycles. The number of urea groups is 1. The summed E-state index contributed by atoms with van der Waals surface area (Å²) < 4.78 is 24.8. The first-order valence-corrected chi connectivity index (χ1v) is 11.3. The maximum Gasteiger partial charge on any atom is 0.315 e. The summed E-state index contributed by atoms with van der Waals surface area (Å²) in [5, 5.41) is 5.91. The fraction of sp³-hybridized carbons (Fsp3) is 0.632. The average molecular weight is 380 g/mol. The Morgan fingerprint density at radius 3 is 2.65 bits per heavy atom. The number of hydrogen-bond acceptors (Lipinski definition) is 3. The van der Waals surface area contributed by atoms with E-state index in [9.17, 15) is 13.2 Å². The van der Waals surface area contributed by atoms with E-state index in [0.29, 0.717) is 13.1 Å². The highest BCUT2D eigenvalue weighted by Crippen LogP contribution is 2.24. The van der Waals surface area contributed by atoms with Crippen LogP contribution in [-0.4, -0.2) is 44.1 Å². The molecule has 2 aliphatic rings. The van der Waals surface area contributed by atoms with Crippen LogP contribution >= 0.6 is 0 Å². The zero-order chi connectivity index (χ0) is 18.7. The van der Waals surface area contributed by atoms with Gasteiger partial charge in [-0.15, -0.1) is 0 Å². The number of fused-ring (bicyclic) bond motifs is 1. The first-order chi connectivity index (χ1) is 12.3. The smallest absolute Gasteiger partial charge is 0.315 e. The number of nitrogens with zero attached hydrogens (tertiary/aromatic N) is 1. The quantitative estimate of drug-likeness (QED) is 0.843. The van der Waals surface area contributed by atoms with Gasteiger partial charge in [0.25, 0.3) is 0 Å². The van der Waals surface area contributed by atoms with Gasteiger partial charge in [0.15, 0.2) is 0 Å². The fourth-order valence-corrected chi connectivity index (χ4v) is 4.80. The van der Waals surface area contributed by atoms with Gasteiger partial charge in [0.05, 0.1) is 12.3 Å². The van der Waals surface area contributed by atoms with Gasteiger partial charge in [0, 0.05) is 19.1 Å². The Morgan fingerprint density at radius 1 is 1.19 bits per heavy atom. The molecule has 0 aromatic heterocycles. The summed E-state index contributed by atoms with van der Waals surface area (Å²) in [7, 11) is -3.21. The predicted molar refractivity (Wildman–Crippen MR) is 103 cm³/mol. The molecule has 6 nitrogen and oxygen atoms in total. The third kappa shape index (κ3) is 4.76. The Balaban J connectivity index is 1.56. The maximum atomic E-state index is 12.3. The van der Waals surface area contributed by atoms with Gasteiger partial charge in [0.1, 0.15) is 0 Å². The molecule has 1 fully saturated rings. The molecule has 3 rings (SSSR count). The molecule has 144 valence electrons. The molecule has 1 aliphatic heterocycles. The van der Waals surface area contributed by atoms with Gasteiger partial charge in [-0.3, -0.25) is 0 Å². The van der Waals surface area contributed by atoms with E-state index in [2.05, 4.69) is 28.8 Å². The number of aryl methyl sites for hydroxylation is 2. The monoisotopic (exact) mass is 379 g/mol. The lowest BCUT2D eigenvalue weighted by Gasteiger charge is -2.31. The molecule has 1 heterocycles. The molecule has 0 bridgehead atoms. The zero-order valence-corrected chi connectivity index (χ0v) is 16.4. The van der Waals surface area contributed by atoms with Crippen molar-refractivity contribution in [3.8, 4) is 0 Å². The highest BCUT2D eigenvalue weighted by Gasteiger charge is 2.27. The highest BCUT2D eigenvalue weighted by atomic mass is 32.2. The second-order valence-corrected chi connectivity index (χ2v) is 9.52. The van der Waals surface area contributed by atoms with Gasteiger partial charge in [-0.1, -0.05) is 18.2 Å². The van der Waals surface area contributed by atoms with Crippen LogP contribution in [0.15, 0.2) is 18.2 Å². The molecule has 2 atom stereocenters. The van der Waals surface area contributed by atoms with Crippen molar-refractivity contribution in [2.45, 2.75) is 57.5 Å². The van der Waals surface area contributed by atoms with Gasteiger partial charge < -0.3 is 10.6 Å². The second-order valence-electron chi connectivity index (χ2n) is 7.53. The van der Waals surface area contributed by atoms with Crippen LogP contribution in [-0.2, 0) is 22.9 Å². The van der Waals surface area contributed by atoms with Crippen molar-refractivity contribution in [3.05, 3.63) is 34.9 Å². The lowest BCUT2D eigenvalue weighted by atomic mass is 9.89. The van der Waals surface area contributed by atoms with Crippen molar-refractivity contribution in [2.24, 2.45) is 0 Å². The van der Waals surface area contributed by atoms with Crippen LogP contribution < -0.4 is 10.6 Å². The van der Waals surface area contributed by atoms with Gasteiger partial charge in [-0.25, -0.2) is 17.5 Å². The van der Waals surface area contributed by atoms with Crippen LogP contribution in [0.4, 0.5) is 4.79 Å². The van der Waals surface area contributed by atoms with Crippen LogP contribution in [0.2, 0.25) is 0 Å². The molecule has 1 saturated heterocycles. The first kappa shape index (κ1) is 19.2. The SMILES string of the molecule is CC(NC(=O)NC1CCCN(S(C)(=O)=O)C1)c1ccc2c(c1)CCCC2. The van der Waals surface area contributed by atoms with E-state index in [-0.39, 0.29) is 18.1 Å². The van der Waals surface area contributed by atoms with E-state index in [1.807, 2.05) is 6.92 Å². The molecule has 7 heteroatoms. The van der Waals surface area contributed by atoms with E-state index < -0.39 is 10.0 Å². The van der Waals surface area contributed by atoms with Crippen LogP contribution in [0.1, 0.15) is 55.3 Å². The van der Waals surface area contributed by atoms with E-state index in [4.69, 9.17) is 0 Å². The van der Waals surface area contributed by atoms with Crippen LogP contribution in [0.5, 0.6) is 0 Å². The highest BCUT2D eigenvalue weighted by molar-refractivity contribution is 7.88. The molecule has 0 spiro atoms. The number of piperidine rings is 1. The Labute approximate surface area is 156 Å².